The Morgan fingerprint density at radius 2 is 2.27 bits per heavy atom. The highest BCUT2D eigenvalue weighted by molar-refractivity contribution is 5.82. The van der Waals surface area contributed by atoms with Crippen LogP contribution in [-0.4, -0.2) is 5.78 Å². The third kappa shape index (κ3) is 2.05. The van der Waals surface area contributed by atoms with Crippen LogP contribution in [0.3, 0.4) is 0 Å². The van der Waals surface area contributed by atoms with Crippen molar-refractivity contribution in [3.63, 3.8) is 0 Å². The fraction of sp³-hybridized carbons (Fsp3) is 0.900. The summed E-state index contributed by atoms with van der Waals surface area (Å²) in [6, 6.07) is 0. The van der Waals surface area contributed by atoms with Crippen molar-refractivity contribution < 1.29 is 8.91 Å². The average molecular weight is 157 g/mol. The lowest BCUT2D eigenvalue weighted by molar-refractivity contribution is -0.127. The maximum Gasteiger partial charge on any atom is 0.136 e. The van der Waals surface area contributed by atoms with Gasteiger partial charge in [0.2, 0.25) is 0 Å². The molecule has 0 spiro atoms. The molecule has 1 fully saturated rings. The molecule has 11 heavy (non-hydrogen) atoms. The van der Waals surface area contributed by atoms with Gasteiger partial charge in [-0.15, -0.1) is 0 Å². The summed E-state index contributed by atoms with van der Waals surface area (Å²) in [5.41, 5.74) is 0. The zero-order chi connectivity index (χ0) is 11.1. The SMILES string of the molecule is [2H]C1([2H])C(=O)[C@@]([2H])(C(C)C)CC[C@H]1C. The van der Waals surface area contributed by atoms with Crippen molar-refractivity contribution >= 4 is 5.78 Å². The third-order valence-corrected chi connectivity index (χ3v) is 2.21. The molecule has 0 radical (unpaired) electrons. The van der Waals surface area contributed by atoms with Crippen LogP contribution in [0.5, 0.6) is 0 Å². The smallest absolute Gasteiger partial charge is 0.136 e. The monoisotopic (exact) mass is 157 g/mol. The van der Waals surface area contributed by atoms with Crippen LogP contribution in [0.15, 0.2) is 0 Å². The first-order chi connectivity index (χ1) is 6.23. The summed E-state index contributed by atoms with van der Waals surface area (Å²) >= 11 is 0. The largest absolute Gasteiger partial charge is 0.299 e. The molecule has 0 aromatic rings. The lowest BCUT2D eigenvalue weighted by Crippen LogP contribution is -2.27. The molecular weight excluding hydrogens is 136 g/mol. The Bertz CT molecular complexity index is 250. The van der Waals surface area contributed by atoms with Crippen LogP contribution in [0.1, 0.15) is 44.1 Å². The zero-order valence-corrected chi connectivity index (χ0v) is 7.48. The van der Waals surface area contributed by atoms with Crippen molar-refractivity contribution in [2.24, 2.45) is 17.7 Å². The van der Waals surface area contributed by atoms with Gasteiger partial charge in [-0.05, 0) is 24.7 Å². The van der Waals surface area contributed by atoms with Gasteiger partial charge in [0.1, 0.15) is 5.78 Å². The minimum absolute atomic E-state index is 0.113. The summed E-state index contributed by atoms with van der Waals surface area (Å²) < 4.78 is 23.4. The van der Waals surface area contributed by atoms with Gasteiger partial charge in [-0.2, -0.15) is 0 Å². The number of Topliss-reactive ketones (excluding diaryl/α,β-unsaturated/α-hetero) is 1. The molecule has 0 unspecified atom stereocenters. The Hall–Kier alpha value is -0.330. The van der Waals surface area contributed by atoms with Crippen molar-refractivity contribution in [3.05, 3.63) is 0 Å². The van der Waals surface area contributed by atoms with E-state index in [1.54, 1.807) is 6.92 Å². The van der Waals surface area contributed by atoms with E-state index in [0.29, 0.717) is 12.8 Å². The van der Waals surface area contributed by atoms with Crippen LogP contribution in [0.25, 0.3) is 0 Å². The van der Waals surface area contributed by atoms with Crippen LogP contribution in [0.4, 0.5) is 0 Å². The highest BCUT2D eigenvalue weighted by atomic mass is 16.1. The molecule has 64 valence electrons. The van der Waals surface area contributed by atoms with Gasteiger partial charge in [0.05, 0.1) is 0 Å². The maximum atomic E-state index is 11.9. The van der Waals surface area contributed by atoms with Gasteiger partial charge in [-0.3, -0.25) is 4.79 Å². The predicted molar refractivity (Wildman–Crippen MR) is 46.4 cm³/mol. The molecule has 1 aliphatic carbocycles. The lowest BCUT2D eigenvalue weighted by Gasteiger charge is -2.27. The summed E-state index contributed by atoms with van der Waals surface area (Å²) in [6.07, 6.45) is -0.700. The number of hydrogen-bond donors (Lipinski definition) is 0. The Balaban J connectivity index is 3.02. The van der Waals surface area contributed by atoms with Gasteiger partial charge < -0.3 is 0 Å². The van der Waals surface area contributed by atoms with Gasteiger partial charge in [0.15, 0.2) is 0 Å². The second-order valence-electron chi connectivity index (χ2n) is 3.59. The molecule has 0 heterocycles. The van der Waals surface area contributed by atoms with Crippen molar-refractivity contribution in [3.8, 4) is 0 Å². The maximum absolute atomic E-state index is 11.9. The standard InChI is InChI=1S/C10H18O/c1-7(2)9-5-4-8(3)6-10(9)11/h7-9H,4-6H2,1-3H3/t8-,9-/m1/s1/i6D2,9D. The topological polar surface area (TPSA) is 17.1 Å². The third-order valence-electron chi connectivity index (χ3n) is 2.21. The summed E-state index contributed by atoms with van der Waals surface area (Å²) in [6.45, 7) is 5.38. The van der Waals surface area contributed by atoms with Crippen LogP contribution in [0.2, 0.25) is 0 Å². The second kappa shape index (κ2) is 3.38. The Kier molecular flexibility index (Phi) is 1.64. The van der Waals surface area contributed by atoms with Crippen LogP contribution >= 0.6 is 0 Å². The first-order valence-electron chi connectivity index (χ1n) is 5.78. The average Bonchev–Trinajstić information content (AvgIpc) is 2.09. The predicted octanol–water partition coefficient (Wildman–Crippen LogP) is 2.65. The minimum atomic E-state index is -1.82. The van der Waals surface area contributed by atoms with E-state index in [0.717, 1.165) is 0 Å². The van der Waals surface area contributed by atoms with E-state index in [4.69, 9.17) is 4.11 Å². The fourth-order valence-corrected chi connectivity index (χ4v) is 1.43. The molecule has 1 heteroatoms. The molecule has 0 N–H and O–H groups in total. The molecule has 0 saturated heterocycles. The first kappa shape index (κ1) is 5.34. The Morgan fingerprint density at radius 1 is 1.64 bits per heavy atom. The van der Waals surface area contributed by atoms with Gasteiger partial charge in [-0.1, -0.05) is 20.8 Å². The fourth-order valence-electron chi connectivity index (χ4n) is 1.43. The van der Waals surface area contributed by atoms with E-state index < -0.39 is 18.1 Å². The van der Waals surface area contributed by atoms with Crippen LogP contribution in [0, 0.1) is 17.7 Å². The molecule has 0 bridgehead atoms. The molecule has 0 amide bonds. The van der Waals surface area contributed by atoms with E-state index in [1.807, 2.05) is 13.8 Å². The van der Waals surface area contributed by atoms with Crippen molar-refractivity contribution in [1.29, 1.82) is 0 Å². The van der Waals surface area contributed by atoms with E-state index in [9.17, 15) is 4.79 Å². The molecule has 0 aromatic heterocycles. The van der Waals surface area contributed by atoms with Crippen LogP contribution in [-0.2, 0) is 4.79 Å². The minimum Gasteiger partial charge on any atom is -0.299 e. The molecule has 0 aromatic carbocycles. The quantitative estimate of drug-likeness (QED) is 0.572. The Morgan fingerprint density at radius 3 is 2.82 bits per heavy atom. The lowest BCUT2D eigenvalue weighted by atomic mass is 9.77. The summed E-state index contributed by atoms with van der Waals surface area (Å²) in [5.74, 6) is -2.11. The number of ketones is 1. The van der Waals surface area contributed by atoms with Crippen LogP contribution < -0.4 is 0 Å². The van der Waals surface area contributed by atoms with E-state index in [2.05, 4.69) is 0 Å². The molecular formula is C10H18O. The highest BCUT2D eigenvalue weighted by Gasteiger charge is 2.27. The summed E-state index contributed by atoms with van der Waals surface area (Å²) in [7, 11) is 0. The normalized spacial score (nSPS) is 48.2. The van der Waals surface area contributed by atoms with Gasteiger partial charge >= 0.3 is 0 Å². The van der Waals surface area contributed by atoms with E-state index >= 15 is 0 Å². The van der Waals surface area contributed by atoms with E-state index in [1.165, 1.54) is 0 Å². The first-order valence-corrected chi connectivity index (χ1v) is 4.28. The van der Waals surface area contributed by atoms with Crippen molar-refractivity contribution in [1.82, 2.24) is 0 Å². The zero-order valence-electron chi connectivity index (χ0n) is 10.5. The number of carbonyl (C=O) groups is 1. The molecule has 0 aliphatic heterocycles. The molecule has 1 aliphatic rings. The summed E-state index contributed by atoms with van der Waals surface area (Å²) in [5, 5.41) is 0. The van der Waals surface area contributed by atoms with Gasteiger partial charge in [0, 0.05) is 16.4 Å². The van der Waals surface area contributed by atoms with Gasteiger partial charge in [0.25, 0.3) is 0 Å². The van der Waals surface area contributed by atoms with Crippen molar-refractivity contribution in [2.75, 3.05) is 0 Å². The molecule has 1 saturated carbocycles. The number of hydrogen-bond acceptors (Lipinski definition) is 1. The molecule has 1 rings (SSSR count). The van der Waals surface area contributed by atoms with E-state index in [-0.39, 0.29) is 11.8 Å². The second-order valence-corrected chi connectivity index (χ2v) is 3.59. The highest BCUT2D eigenvalue weighted by Crippen LogP contribution is 2.29. The van der Waals surface area contributed by atoms with Gasteiger partial charge in [-0.25, -0.2) is 0 Å². The molecule has 2 atom stereocenters. The Labute approximate surface area is 73.4 Å². The number of carbonyl (C=O) groups excluding carboxylic acids is 1. The van der Waals surface area contributed by atoms with Crippen molar-refractivity contribution in [2.45, 2.75) is 40.0 Å². The summed E-state index contributed by atoms with van der Waals surface area (Å²) in [4.78, 5) is 11.9. The molecule has 1 nitrogen and oxygen atoms in total. The number of rotatable bonds is 1.